The van der Waals surface area contributed by atoms with Gasteiger partial charge in [-0.05, 0) is 23.8 Å². The maximum absolute atomic E-state index is 5.56. The smallest absolute Gasteiger partial charge is 0.120 e. The van der Waals surface area contributed by atoms with Crippen LogP contribution in [0.15, 0.2) is 40.9 Å². The van der Waals surface area contributed by atoms with Crippen molar-refractivity contribution in [2.24, 2.45) is 0 Å². The third kappa shape index (κ3) is 3.83. The van der Waals surface area contributed by atoms with Crippen molar-refractivity contribution in [3.8, 4) is 5.75 Å². The molecule has 0 aliphatic carbocycles. The Kier molecular flexibility index (Phi) is 4.33. The second-order valence-corrected chi connectivity index (χ2v) is 3.81. The van der Waals surface area contributed by atoms with Gasteiger partial charge in [-0.3, -0.25) is 0 Å². The van der Waals surface area contributed by atoms with Crippen molar-refractivity contribution in [3.05, 3.63) is 40.9 Å². The van der Waals surface area contributed by atoms with E-state index in [1.54, 1.807) is 0 Å². The normalized spacial score (nSPS) is 9.69. The van der Waals surface area contributed by atoms with Crippen LogP contribution in [0.2, 0.25) is 0 Å². The number of halogens is 2. The van der Waals surface area contributed by atoms with E-state index in [1.807, 2.05) is 24.3 Å². The molecule has 1 aromatic carbocycles. The van der Waals surface area contributed by atoms with Gasteiger partial charge < -0.3 is 4.74 Å². The lowest BCUT2D eigenvalue weighted by Crippen LogP contribution is -2.00. The summed E-state index contributed by atoms with van der Waals surface area (Å²) < 4.78 is 6.43. The van der Waals surface area contributed by atoms with E-state index in [2.05, 4.69) is 22.5 Å². The maximum Gasteiger partial charge on any atom is 0.120 e. The first-order valence-corrected chi connectivity index (χ1v) is 5.16. The van der Waals surface area contributed by atoms with Crippen LogP contribution >= 0.6 is 27.5 Å². The molecule has 0 heterocycles. The summed E-state index contributed by atoms with van der Waals surface area (Å²) in [6.45, 7) is 4.21. The average molecular weight is 262 g/mol. The van der Waals surface area contributed by atoms with E-state index >= 15 is 0 Å². The lowest BCUT2D eigenvalue weighted by atomic mass is 10.3. The monoisotopic (exact) mass is 260 g/mol. The molecule has 0 N–H and O–H groups in total. The summed E-state index contributed by atoms with van der Waals surface area (Å²) in [5, 5.41) is 0. The van der Waals surface area contributed by atoms with Gasteiger partial charge in [0.2, 0.25) is 0 Å². The van der Waals surface area contributed by atoms with E-state index in [4.69, 9.17) is 16.3 Å². The van der Waals surface area contributed by atoms with Gasteiger partial charge in [0, 0.05) is 10.4 Å². The molecule has 0 spiro atoms. The van der Waals surface area contributed by atoms with E-state index in [9.17, 15) is 0 Å². The molecule has 70 valence electrons. The number of hydrogen-bond acceptors (Lipinski definition) is 1. The minimum atomic E-state index is 0.438. The topological polar surface area (TPSA) is 9.23 Å². The molecule has 1 nitrogen and oxygen atoms in total. The van der Waals surface area contributed by atoms with Crippen molar-refractivity contribution in [2.75, 3.05) is 12.5 Å². The van der Waals surface area contributed by atoms with Crippen LogP contribution in [0.4, 0.5) is 0 Å². The third-order valence-electron chi connectivity index (χ3n) is 1.43. The highest BCUT2D eigenvalue weighted by molar-refractivity contribution is 9.10. The minimum absolute atomic E-state index is 0.438. The SMILES string of the molecule is C=C(CCl)COc1cccc(Br)c1. The van der Waals surface area contributed by atoms with Crippen LogP contribution in [0.1, 0.15) is 0 Å². The first-order valence-electron chi connectivity index (χ1n) is 3.83. The van der Waals surface area contributed by atoms with Crippen LogP contribution in [-0.2, 0) is 0 Å². The fraction of sp³-hybridized carbons (Fsp3) is 0.200. The standard InChI is InChI=1S/C10H10BrClO/c1-8(6-12)7-13-10-4-2-3-9(11)5-10/h2-5H,1,6-7H2. The Morgan fingerprint density at radius 1 is 1.54 bits per heavy atom. The molecule has 1 rings (SSSR count). The van der Waals surface area contributed by atoms with Gasteiger partial charge in [-0.25, -0.2) is 0 Å². The Bertz CT molecular complexity index is 299. The average Bonchev–Trinajstić information content (AvgIpc) is 2.14. The van der Waals surface area contributed by atoms with Crippen molar-refractivity contribution in [2.45, 2.75) is 0 Å². The Labute approximate surface area is 91.5 Å². The van der Waals surface area contributed by atoms with Crippen LogP contribution in [-0.4, -0.2) is 12.5 Å². The number of ether oxygens (including phenoxy) is 1. The molecule has 0 bridgehead atoms. The van der Waals surface area contributed by atoms with Crippen molar-refractivity contribution in [1.82, 2.24) is 0 Å². The quantitative estimate of drug-likeness (QED) is 0.594. The molecule has 0 fully saturated rings. The van der Waals surface area contributed by atoms with E-state index in [1.165, 1.54) is 0 Å². The molecule has 3 heteroatoms. The van der Waals surface area contributed by atoms with Crippen LogP contribution in [0.5, 0.6) is 5.75 Å². The molecule has 0 aliphatic rings. The van der Waals surface area contributed by atoms with Crippen molar-refractivity contribution >= 4 is 27.5 Å². The van der Waals surface area contributed by atoms with Crippen molar-refractivity contribution in [3.63, 3.8) is 0 Å². The van der Waals surface area contributed by atoms with Crippen molar-refractivity contribution in [1.29, 1.82) is 0 Å². The first kappa shape index (κ1) is 10.6. The highest BCUT2D eigenvalue weighted by atomic mass is 79.9. The molecule has 0 saturated heterocycles. The fourth-order valence-corrected chi connectivity index (χ4v) is 1.24. The summed E-state index contributed by atoms with van der Waals surface area (Å²) >= 11 is 8.92. The van der Waals surface area contributed by atoms with Crippen LogP contribution < -0.4 is 4.74 Å². The van der Waals surface area contributed by atoms with Gasteiger partial charge in [0.25, 0.3) is 0 Å². The van der Waals surface area contributed by atoms with Gasteiger partial charge in [0.05, 0.1) is 0 Å². The van der Waals surface area contributed by atoms with Gasteiger partial charge in [0.1, 0.15) is 12.4 Å². The molecule has 0 aliphatic heterocycles. The van der Waals surface area contributed by atoms with Gasteiger partial charge >= 0.3 is 0 Å². The van der Waals surface area contributed by atoms with E-state index < -0.39 is 0 Å². The van der Waals surface area contributed by atoms with E-state index in [-0.39, 0.29) is 0 Å². The van der Waals surface area contributed by atoms with Gasteiger partial charge in [-0.1, -0.05) is 28.6 Å². The molecule has 13 heavy (non-hydrogen) atoms. The molecule has 1 aromatic rings. The zero-order chi connectivity index (χ0) is 9.68. The molecule has 0 aromatic heterocycles. The Morgan fingerprint density at radius 2 is 2.31 bits per heavy atom. The molecule has 0 saturated carbocycles. The largest absolute Gasteiger partial charge is 0.489 e. The van der Waals surface area contributed by atoms with Crippen LogP contribution in [0.3, 0.4) is 0 Å². The molecule has 0 unspecified atom stereocenters. The highest BCUT2D eigenvalue weighted by Crippen LogP contribution is 2.18. The Morgan fingerprint density at radius 3 is 2.92 bits per heavy atom. The molecular formula is C10H10BrClO. The summed E-state index contributed by atoms with van der Waals surface area (Å²) in [5.74, 6) is 1.26. The maximum atomic E-state index is 5.56. The summed E-state index contributed by atoms with van der Waals surface area (Å²) in [6, 6.07) is 7.67. The number of benzene rings is 1. The lowest BCUT2D eigenvalue weighted by Gasteiger charge is -2.06. The van der Waals surface area contributed by atoms with Crippen LogP contribution in [0, 0.1) is 0 Å². The predicted molar refractivity (Wildman–Crippen MR) is 59.5 cm³/mol. The zero-order valence-electron chi connectivity index (χ0n) is 7.09. The second-order valence-electron chi connectivity index (χ2n) is 2.63. The number of rotatable bonds is 4. The van der Waals surface area contributed by atoms with Crippen LogP contribution in [0.25, 0.3) is 0 Å². The Hall–Kier alpha value is -0.470. The molecular weight excluding hydrogens is 251 g/mol. The molecule has 0 amide bonds. The van der Waals surface area contributed by atoms with Crippen molar-refractivity contribution < 1.29 is 4.74 Å². The number of alkyl halides is 1. The van der Waals surface area contributed by atoms with Gasteiger partial charge in [0.15, 0.2) is 0 Å². The Balaban J connectivity index is 2.50. The second kappa shape index (κ2) is 5.30. The fourth-order valence-electron chi connectivity index (χ4n) is 0.781. The zero-order valence-corrected chi connectivity index (χ0v) is 9.44. The summed E-state index contributed by atoms with van der Waals surface area (Å²) in [7, 11) is 0. The summed E-state index contributed by atoms with van der Waals surface area (Å²) in [5.41, 5.74) is 0.877. The third-order valence-corrected chi connectivity index (χ3v) is 2.30. The first-order chi connectivity index (χ1) is 6.22. The van der Waals surface area contributed by atoms with Gasteiger partial charge in [-0.2, -0.15) is 0 Å². The number of hydrogen-bond donors (Lipinski definition) is 0. The minimum Gasteiger partial charge on any atom is -0.489 e. The van der Waals surface area contributed by atoms with Gasteiger partial charge in [-0.15, -0.1) is 11.6 Å². The van der Waals surface area contributed by atoms with E-state index in [0.29, 0.717) is 12.5 Å². The van der Waals surface area contributed by atoms with E-state index in [0.717, 1.165) is 15.8 Å². The molecule has 0 radical (unpaired) electrons. The lowest BCUT2D eigenvalue weighted by molar-refractivity contribution is 0.353. The molecule has 0 atom stereocenters. The highest BCUT2D eigenvalue weighted by Gasteiger charge is 1.96. The summed E-state index contributed by atoms with van der Waals surface area (Å²) in [4.78, 5) is 0. The summed E-state index contributed by atoms with van der Waals surface area (Å²) in [6.07, 6.45) is 0. The predicted octanol–water partition coefficient (Wildman–Crippen LogP) is 3.62.